The maximum absolute atomic E-state index is 15.9. The summed E-state index contributed by atoms with van der Waals surface area (Å²) in [4.78, 5) is 105. The smallest absolute Gasteiger partial charge is 0.254 e. The van der Waals surface area contributed by atoms with Gasteiger partial charge in [-0.2, -0.15) is 41.4 Å². The highest BCUT2D eigenvalue weighted by Gasteiger charge is 2.52. The summed E-state index contributed by atoms with van der Waals surface area (Å²) < 4.78 is 69.0. The van der Waals surface area contributed by atoms with Crippen molar-refractivity contribution in [3.8, 4) is 68.8 Å². The minimum absolute atomic E-state index is 0.0134. The van der Waals surface area contributed by atoms with E-state index in [0.29, 0.717) is 78.0 Å². The number of hydrogen-bond donors (Lipinski definition) is 8. The molecule has 0 spiro atoms. The lowest BCUT2D eigenvalue weighted by Crippen LogP contribution is -2.54. The number of likely N-dealkylation sites (tertiary alicyclic amines) is 4. The molecule has 8 aliphatic rings. The van der Waals surface area contributed by atoms with E-state index in [2.05, 4.69) is 163 Å². The monoisotopic (exact) mass is 2000 g/mol. The zero-order valence-electron chi connectivity index (χ0n) is 81.8. The largest absolute Gasteiger partial charge is 0.365 e. The highest BCUT2D eigenvalue weighted by Crippen LogP contribution is 2.45. The number of anilines is 4. The van der Waals surface area contributed by atoms with Crippen LogP contribution < -0.4 is 44.2 Å². The maximum atomic E-state index is 15.9. The Morgan fingerprint density at radius 1 is 0.284 bits per heavy atom. The molecule has 4 aromatic heterocycles. The van der Waals surface area contributed by atoms with Crippen LogP contribution in [0.5, 0.6) is 0 Å². The van der Waals surface area contributed by atoms with Gasteiger partial charge in [0.15, 0.2) is 23.3 Å². The molecule has 8 atom stereocenters. The second kappa shape index (κ2) is 45.7. The van der Waals surface area contributed by atoms with Crippen LogP contribution in [0, 0.1) is 69.0 Å². The molecule has 0 radical (unpaired) electrons. The zero-order valence-corrected chi connectivity index (χ0v) is 81.8. The number of carbonyl (C=O) groups is 8. The molecular weight excluding hydrogens is 1890 g/mol. The van der Waals surface area contributed by atoms with Crippen molar-refractivity contribution in [2.24, 2.45) is 46.6 Å². The molecule has 12 N–H and O–H groups in total. The van der Waals surface area contributed by atoms with Crippen LogP contribution in [0.1, 0.15) is 166 Å². The lowest BCUT2D eigenvalue weighted by Gasteiger charge is -2.43. The van der Waals surface area contributed by atoms with E-state index in [9.17, 15) is 59.4 Å². The second-order valence-electron chi connectivity index (χ2n) is 39.7. The third kappa shape index (κ3) is 24.0. The molecule has 8 aromatic carbocycles. The molecule has 4 saturated heterocycles. The number of primary amides is 4. The molecular formula is C112H116F4N24O8. The van der Waals surface area contributed by atoms with E-state index >= 15 is 17.6 Å². The van der Waals surface area contributed by atoms with Crippen molar-refractivity contribution >= 4 is 70.5 Å². The van der Waals surface area contributed by atoms with Gasteiger partial charge in [-0.1, -0.05) is 218 Å². The minimum Gasteiger partial charge on any atom is -0.365 e. The Hall–Kier alpha value is -16.1. The molecule has 8 amide bonds. The first-order valence-corrected chi connectivity index (χ1v) is 49.9. The summed E-state index contributed by atoms with van der Waals surface area (Å²) >= 11 is 0. The fraction of sp³-hybridized carbons (Fsp3) is 0.357. The highest BCUT2D eigenvalue weighted by molar-refractivity contribution is 6.05. The van der Waals surface area contributed by atoms with Crippen molar-refractivity contribution in [2.75, 3.05) is 73.6 Å². The van der Waals surface area contributed by atoms with Crippen LogP contribution in [0.4, 0.5) is 40.8 Å². The van der Waals surface area contributed by atoms with E-state index in [4.69, 9.17) is 22.9 Å². The summed E-state index contributed by atoms with van der Waals surface area (Å²) in [7, 11) is 0. The maximum Gasteiger partial charge on any atom is 0.254 e. The lowest BCUT2D eigenvalue weighted by atomic mass is 9.83. The number of aromatic nitrogens is 8. The summed E-state index contributed by atoms with van der Waals surface area (Å²) in [6.45, 7) is 4.90. The molecule has 20 rings (SSSR count). The Morgan fingerprint density at radius 3 is 0.615 bits per heavy atom. The topological polar surface area (TPSA) is 468 Å². The molecule has 0 unspecified atom stereocenters. The summed E-state index contributed by atoms with van der Waals surface area (Å²) in [5, 5.41) is 66.4. The molecule has 760 valence electrons. The van der Waals surface area contributed by atoms with Gasteiger partial charge in [-0.15, -0.1) is 0 Å². The van der Waals surface area contributed by atoms with Crippen LogP contribution in [0.2, 0.25) is 0 Å². The molecule has 4 aliphatic heterocycles. The van der Waals surface area contributed by atoms with Gasteiger partial charge < -0.3 is 44.2 Å². The van der Waals surface area contributed by atoms with Crippen molar-refractivity contribution in [1.82, 2.24) is 58.7 Å². The Balaban J connectivity index is 0.000000135. The van der Waals surface area contributed by atoms with Gasteiger partial charge in [-0.05, 0) is 144 Å². The number of benzene rings is 8. The fourth-order valence-corrected chi connectivity index (χ4v) is 19.8. The summed E-state index contributed by atoms with van der Waals surface area (Å²) in [5.74, 6) is -4.29. The Kier molecular flexibility index (Phi) is 31.9. The third-order valence-electron chi connectivity index (χ3n) is 29.4. The molecule has 4 saturated carbocycles. The number of alkyl halides is 4. The first-order valence-electron chi connectivity index (χ1n) is 49.9. The van der Waals surface area contributed by atoms with Gasteiger partial charge in [0.2, 0.25) is 23.6 Å². The van der Waals surface area contributed by atoms with E-state index in [-0.39, 0.29) is 145 Å². The number of amides is 8. The molecule has 32 nitrogen and oxygen atoms in total. The van der Waals surface area contributed by atoms with E-state index in [1.54, 1.807) is 0 Å². The first-order chi connectivity index (χ1) is 71.6. The predicted octanol–water partition coefficient (Wildman–Crippen LogP) is 15.4. The summed E-state index contributed by atoms with van der Waals surface area (Å²) in [6, 6.07) is 81.7. The van der Waals surface area contributed by atoms with Crippen molar-refractivity contribution < 1.29 is 55.9 Å². The van der Waals surface area contributed by atoms with Crippen molar-refractivity contribution in [3.63, 3.8) is 0 Å². The van der Waals surface area contributed by atoms with E-state index in [0.717, 1.165) is 118 Å². The van der Waals surface area contributed by atoms with Crippen molar-refractivity contribution in [1.29, 1.82) is 21.0 Å². The Bertz CT molecular complexity index is 6140. The van der Waals surface area contributed by atoms with E-state index in [1.807, 2.05) is 141 Å². The van der Waals surface area contributed by atoms with Crippen molar-refractivity contribution in [3.05, 3.63) is 288 Å². The average Bonchev–Trinajstić information content (AvgIpc) is 1.44. The van der Waals surface area contributed by atoms with Crippen molar-refractivity contribution in [2.45, 2.75) is 176 Å². The molecule has 4 aliphatic carbocycles. The van der Waals surface area contributed by atoms with Crippen LogP contribution >= 0.6 is 0 Å². The Morgan fingerprint density at radius 2 is 0.459 bits per heavy atom. The first kappa shape index (κ1) is 103. The average molecular weight is 2000 g/mol. The van der Waals surface area contributed by atoms with Gasteiger partial charge in [0.1, 0.15) is 69.1 Å². The standard InChI is InChI=1S/4C28H29FN6O2/c4*29-24-18-34(16-19-6-8-21(9-7-19)20-4-2-1-3-5-20)15-13-28(24,12-14-30)35-17-23(25(31)36)26(33-35)32-27(37)22-10-11-22/h4*1-9,17,22,24H,10-13,15-16,18H2,(H2,31,36)(H,32,33,37)/t2*24-,28+;2*24-,28-/m1010/s1. The number of rotatable bonds is 32. The fourth-order valence-electron chi connectivity index (χ4n) is 19.8. The molecule has 8 fully saturated rings. The predicted molar refractivity (Wildman–Crippen MR) is 548 cm³/mol. The zero-order chi connectivity index (χ0) is 104. The van der Waals surface area contributed by atoms with Gasteiger partial charge >= 0.3 is 0 Å². The molecule has 36 heteroatoms. The number of nitrogens with one attached hydrogen (secondary N) is 4. The molecule has 8 heterocycles. The second-order valence-corrected chi connectivity index (χ2v) is 39.7. The van der Waals surface area contributed by atoms with Gasteiger partial charge in [0, 0.05) is 127 Å². The van der Waals surface area contributed by atoms with Crippen LogP contribution in [-0.4, -0.2) is 183 Å². The summed E-state index contributed by atoms with van der Waals surface area (Å²) in [5.41, 5.74) is 30.4. The number of nitrogens with two attached hydrogens (primary N) is 4. The minimum atomic E-state index is -1.42. The number of nitrogens with zero attached hydrogens (tertiary/aromatic N) is 16. The van der Waals surface area contributed by atoms with Gasteiger partial charge in [-0.3, -0.25) is 76.7 Å². The van der Waals surface area contributed by atoms with E-state index < -0.39 is 70.5 Å². The number of nitriles is 4. The normalized spacial score (nSPS) is 21.8. The number of piperidine rings is 4. The van der Waals surface area contributed by atoms with Crippen LogP contribution in [-0.2, 0) is 67.5 Å². The quantitative estimate of drug-likeness (QED) is 0.0182. The molecule has 148 heavy (non-hydrogen) atoms. The van der Waals surface area contributed by atoms with Gasteiger partial charge in [0.05, 0.1) is 50.0 Å². The Labute approximate surface area is 854 Å². The highest BCUT2D eigenvalue weighted by atomic mass is 19.1. The number of halogens is 4. The van der Waals surface area contributed by atoms with Crippen LogP contribution in [0.25, 0.3) is 44.5 Å². The number of hydrogen-bond acceptors (Lipinski definition) is 20. The molecule has 0 bridgehead atoms. The van der Waals surface area contributed by atoms with Gasteiger partial charge in [0.25, 0.3) is 23.6 Å². The van der Waals surface area contributed by atoms with Gasteiger partial charge in [-0.25, -0.2) is 17.6 Å². The summed E-state index contributed by atoms with van der Waals surface area (Å²) in [6.07, 6.45) is 6.87. The lowest BCUT2D eigenvalue weighted by molar-refractivity contribution is -0.118. The van der Waals surface area contributed by atoms with Crippen LogP contribution in [0.15, 0.2) is 243 Å². The van der Waals surface area contributed by atoms with E-state index in [1.165, 1.54) is 43.5 Å². The SMILES string of the molecule is N#CC[C@@]1(n2cc(C(N)=O)c(NC(=O)C3CC3)n2)CCN(Cc2ccc(-c3ccccc3)cc2)C[C@@H]1F.N#CC[C@@]1(n2cc(C(N)=O)c(NC(=O)C3CC3)n2)CCN(Cc2ccc(-c3ccccc3)cc2)C[C@H]1F.N#CC[C@]1(n2cc(C(N)=O)c(NC(=O)C3CC3)n2)CCN(Cc2ccc(-c3ccccc3)cc2)C[C@@H]1F.N#CC[C@]1(n2cc(C(N)=O)c(NC(=O)C3CC3)n2)CCN(Cc2ccc(-c3ccccc3)cc2)C[C@H]1F. The molecule has 12 aromatic rings. The number of carbonyl (C=O) groups excluding carboxylic acids is 8. The van der Waals surface area contributed by atoms with Crippen LogP contribution in [0.3, 0.4) is 0 Å². The third-order valence-corrected chi connectivity index (χ3v) is 29.4.